The van der Waals surface area contributed by atoms with Crippen molar-refractivity contribution in [3.63, 3.8) is 0 Å². The highest BCUT2D eigenvalue weighted by Crippen LogP contribution is 2.46. The molecule has 272 valence electrons. The van der Waals surface area contributed by atoms with Gasteiger partial charge in [0.1, 0.15) is 35.4 Å². The van der Waals surface area contributed by atoms with Gasteiger partial charge in [-0.2, -0.15) is 0 Å². The molecule has 1 aromatic heterocycles. The molecule has 18 nitrogen and oxygen atoms in total. The quantitative estimate of drug-likeness (QED) is 0.121. The van der Waals surface area contributed by atoms with Gasteiger partial charge in [-0.3, -0.25) is 14.4 Å². The van der Waals surface area contributed by atoms with Crippen LogP contribution < -0.4 is 19.6 Å². The maximum absolute atomic E-state index is 14.1. The van der Waals surface area contributed by atoms with Gasteiger partial charge in [-0.1, -0.05) is 0 Å². The van der Waals surface area contributed by atoms with Gasteiger partial charge in [0.15, 0.2) is 41.0 Å². The van der Waals surface area contributed by atoms with Gasteiger partial charge >= 0.3 is 11.9 Å². The van der Waals surface area contributed by atoms with Crippen LogP contribution in [0.25, 0.3) is 22.3 Å². The van der Waals surface area contributed by atoms with Crippen LogP contribution in [0, 0.1) is 0 Å². The monoisotopic (exact) mass is 708 g/mol. The lowest BCUT2D eigenvalue weighted by atomic mass is 9.99. The molecule has 2 aliphatic heterocycles. The van der Waals surface area contributed by atoms with Crippen molar-refractivity contribution in [2.45, 2.75) is 89.1 Å². The Balaban J connectivity index is 1.65. The maximum Gasteiger partial charge on any atom is 0.303 e. The van der Waals surface area contributed by atoms with Gasteiger partial charge in [-0.15, -0.1) is 0 Å². The van der Waals surface area contributed by atoms with Gasteiger partial charge in [0.05, 0.1) is 19.3 Å². The minimum atomic E-state index is -1.89. The summed E-state index contributed by atoms with van der Waals surface area (Å²) >= 11 is 0. The number of aliphatic hydroxyl groups excluding tert-OH is 4. The Morgan fingerprint density at radius 1 is 0.740 bits per heavy atom. The third-order valence-corrected chi connectivity index (χ3v) is 8.12. The molecular formula is C32H36O18. The number of phenolic OH excluding ortho intramolecular Hbond substituents is 3. The van der Waals surface area contributed by atoms with E-state index in [1.807, 2.05) is 0 Å². The normalized spacial score (nSPS) is 29.6. The van der Waals surface area contributed by atoms with E-state index in [2.05, 4.69) is 0 Å². The fourth-order valence-corrected chi connectivity index (χ4v) is 5.64. The molecule has 0 aliphatic carbocycles. The van der Waals surface area contributed by atoms with E-state index in [4.69, 9.17) is 37.6 Å². The minimum absolute atomic E-state index is 0.0553. The predicted octanol–water partition coefficient (Wildman–Crippen LogP) is 0.140. The Morgan fingerprint density at radius 3 is 1.98 bits per heavy atom. The summed E-state index contributed by atoms with van der Waals surface area (Å²) in [7, 11) is 1.13. The number of aliphatic hydroxyl groups is 4. The van der Waals surface area contributed by atoms with Gasteiger partial charge < -0.3 is 73.3 Å². The van der Waals surface area contributed by atoms with Crippen molar-refractivity contribution in [3.05, 3.63) is 34.5 Å². The first-order chi connectivity index (χ1) is 23.5. The van der Waals surface area contributed by atoms with E-state index in [9.17, 15) is 50.1 Å². The molecule has 7 N–H and O–H groups in total. The highest BCUT2D eigenvalue weighted by molar-refractivity contribution is 5.91. The lowest BCUT2D eigenvalue weighted by Crippen LogP contribution is -2.59. The molecule has 0 saturated carbocycles. The van der Waals surface area contributed by atoms with Crippen molar-refractivity contribution in [1.29, 1.82) is 0 Å². The van der Waals surface area contributed by atoms with Crippen molar-refractivity contribution in [2.24, 2.45) is 0 Å². The first kappa shape index (κ1) is 36.4. The van der Waals surface area contributed by atoms with Crippen LogP contribution in [0.1, 0.15) is 27.7 Å². The standard InChI is InChI=1S/C32H36O18/c1-10-20(37)23(40)30(47-13(4)34)32(44-10)49-18-9-17-19(21(38)28(18)43-5)22(39)29(27(48-17)14-6-7-15(35)16(36)8-14)50-31-25(42)24(41)26(11(2)45-31)46-12(3)33/h6-11,20,23-26,30-32,35-38,40-42H,1-5H3/t10-,11-,20-,23-,24+,25-,26-,30+,31-,32+/m0/s1. The fraction of sp³-hybridized carbons (Fsp3) is 0.469. The number of methoxy groups -OCH3 is 1. The van der Waals surface area contributed by atoms with E-state index in [0.717, 1.165) is 39.2 Å². The first-order valence-electron chi connectivity index (χ1n) is 15.2. The summed E-state index contributed by atoms with van der Waals surface area (Å²) in [6, 6.07) is 4.44. The second-order valence-corrected chi connectivity index (χ2v) is 11.7. The summed E-state index contributed by atoms with van der Waals surface area (Å²) in [6.45, 7) is 5.00. The fourth-order valence-electron chi connectivity index (χ4n) is 5.64. The smallest absolute Gasteiger partial charge is 0.303 e. The lowest BCUT2D eigenvalue weighted by molar-refractivity contribution is -0.273. The molecule has 0 unspecified atom stereocenters. The number of esters is 2. The molecule has 3 heterocycles. The Morgan fingerprint density at radius 2 is 1.36 bits per heavy atom. The average Bonchev–Trinajstić information content (AvgIpc) is 3.04. The number of ether oxygens (including phenoxy) is 7. The van der Waals surface area contributed by atoms with Crippen LogP contribution in [-0.4, -0.2) is 116 Å². The van der Waals surface area contributed by atoms with Gasteiger partial charge in [0.25, 0.3) is 0 Å². The zero-order chi connectivity index (χ0) is 36.8. The number of hydrogen-bond acceptors (Lipinski definition) is 18. The third-order valence-electron chi connectivity index (χ3n) is 8.12. The van der Waals surface area contributed by atoms with E-state index in [1.165, 1.54) is 19.9 Å². The van der Waals surface area contributed by atoms with Gasteiger partial charge in [0.2, 0.25) is 29.5 Å². The number of rotatable bonds is 8. The largest absolute Gasteiger partial charge is 0.504 e. The van der Waals surface area contributed by atoms with Crippen LogP contribution >= 0.6 is 0 Å². The topological polar surface area (TPSA) is 271 Å². The second-order valence-electron chi connectivity index (χ2n) is 11.7. The zero-order valence-corrected chi connectivity index (χ0v) is 27.2. The molecule has 3 aromatic rings. The van der Waals surface area contributed by atoms with Crippen LogP contribution in [0.2, 0.25) is 0 Å². The van der Waals surface area contributed by atoms with Gasteiger partial charge in [-0.25, -0.2) is 0 Å². The average molecular weight is 709 g/mol. The van der Waals surface area contributed by atoms with E-state index in [1.54, 1.807) is 0 Å². The highest BCUT2D eigenvalue weighted by Gasteiger charge is 2.48. The second kappa shape index (κ2) is 14.2. The van der Waals surface area contributed by atoms with Crippen LogP contribution in [0.15, 0.2) is 33.5 Å². The number of benzene rings is 2. The van der Waals surface area contributed by atoms with Crippen LogP contribution in [0.3, 0.4) is 0 Å². The molecule has 0 amide bonds. The molecule has 2 aliphatic rings. The number of fused-ring (bicyclic) bond motifs is 1. The SMILES string of the molecule is COc1c(O[C@H]2O[C@@H](C)[C@H](O)[C@H](O)[C@H]2OC(C)=O)cc2oc(-c3ccc(O)c(O)c3)c(O[C@@H]3O[C@@H](C)[C@H](OC(C)=O)[C@H](O)[C@@H]3O)c(=O)c2c1O. The number of aromatic hydroxyl groups is 3. The molecule has 0 bridgehead atoms. The van der Waals surface area contributed by atoms with E-state index in [-0.39, 0.29) is 16.9 Å². The van der Waals surface area contributed by atoms with Gasteiger partial charge in [-0.05, 0) is 32.0 Å². The minimum Gasteiger partial charge on any atom is -0.504 e. The Bertz CT molecular complexity index is 1820. The van der Waals surface area contributed by atoms with E-state index < -0.39 is 119 Å². The molecule has 50 heavy (non-hydrogen) atoms. The Labute approximate surface area is 282 Å². The Kier molecular flexibility index (Phi) is 10.3. The summed E-state index contributed by atoms with van der Waals surface area (Å²) < 4.78 is 44.5. The Hall–Kier alpha value is -4.85. The van der Waals surface area contributed by atoms with Gasteiger partial charge in [0, 0.05) is 25.5 Å². The highest BCUT2D eigenvalue weighted by atomic mass is 16.7. The van der Waals surface area contributed by atoms with Crippen molar-refractivity contribution in [3.8, 4) is 45.8 Å². The summed E-state index contributed by atoms with van der Waals surface area (Å²) in [5.74, 6) is -5.50. The molecule has 0 spiro atoms. The summed E-state index contributed by atoms with van der Waals surface area (Å²) in [5, 5.41) is 73.4. The number of hydrogen-bond donors (Lipinski definition) is 7. The van der Waals surface area contributed by atoms with Crippen molar-refractivity contribution >= 4 is 22.9 Å². The molecule has 2 saturated heterocycles. The predicted molar refractivity (Wildman–Crippen MR) is 165 cm³/mol. The van der Waals surface area contributed by atoms with Crippen molar-refractivity contribution in [2.75, 3.05) is 7.11 Å². The van der Waals surface area contributed by atoms with E-state index in [0.29, 0.717) is 0 Å². The molecule has 10 atom stereocenters. The van der Waals surface area contributed by atoms with Crippen LogP contribution in [0.5, 0.6) is 34.5 Å². The van der Waals surface area contributed by atoms with Crippen LogP contribution in [-0.2, 0) is 28.5 Å². The molecule has 0 radical (unpaired) electrons. The zero-order valence-electron chi connectivity index (χ0n) is 27.2. The number of carbonyl (C=O) groups is 2. The molecule has 2 aromatic carbocycles. The lowest BCUT2D eigenvalue weighted by Gasteiger charge is -2.40. The summed E-state index contributed by atoms with van der Waals surface area (Å²) in [5.41, 5.74) is -1.50. The number of phenols is 3. The summed E-state index contributed by atoms with van der Waals surface area (Å²) in [6.07, 6.45) is -15.0. The van der Waals surface area contributed by atoms with E-state index >= 15 is 0 Å². The van der Waals surface area contributed by atoms with Crippen molar-refractivity contribution in [1.82, 2.24) is 0 Å². The van der Waals surface area contributed by atoms with Crippen LogP contribution in [0.4, 0.5) is 0 Å². The third kappa shape index (κ3) is 6.80. The molecule has 18 heteroatoms. The van der Waals surface area contributed by atoms with Crippen molar-refractivity contribution < 1.29 is 82.9 Å². The molecular weight excluding hydrogens is 672 g/mol. The molecule has 2 fully saturated rings. The number of carbonyl (C=O) groups excluding carboxylic acids is 2. The summed E-state index contributed by atoms with van der Waals surface area (Å²) in [4.78, 5) is 37.5. The maximum atomic E-state index is 14.1. The molecule has 5 rings (SSSR count). The first-order valence-corrected chi connectivity index (χ1v) is 15.2.